The van der Waals surface area contributed by atoms with E-state index in [1.54, 1.807) is 0 Å². The summed E-state index contributed by atoms with van der Waals surface area (Å²) in [4.78, 5) is 0. The Hall–Kier alpha value is 0.930. The lowest BCUT2D eigenvalue weighted by Gasteiger charge is -2.22. The second kappa shape index (κ2) is 3.95. The Balaban J connectivity index is 2.18. The first-order valence-corrected chi connectivity index (χ1v) is 5.16. The van der Waals surface area contributed by atoms with Gasteiger partial charge in [0, 0.05) is 22.3 Å². The lowest BCUT2D eigenvalue weighted by atomic mass is 10.2. The molecule has 0 unspecified atom stereocenters. The van der Waals surface area contributed by atoms with E-state index >= 15 is 0 Å². The van der Waals surface area contributed by atoms with E-state index in [0.717, 1.165) is 18.1 Å². The molecule has 0 aromatic carbocycles. The van der Waals surface area contributed by atoms with E-state index in [4.69, 9.17) is 23.2 Å². The zero-order valence-electron chi connectivity index (χ0n) is 5.15. The maximum Gasteiger partial charge on any atom is 0.0427 e. The lowest BCUT2D eigenvalue weighted by Crippen LogP contribution is -2.18. The molecule has 0 nitrogen and oxygen atoms in total. The van der Waals surface area contributed by atoms with E-state index in [-0.39, 0.29) is 0 Å². The summed E-state index contributed by atoms with van der Waals surface area (Å²) in [5.41, 5.74) is 0. The number of halogens is 2. The van der Waals surface area contributed by atoms with Crippen molar-refractivity contribution in [2.45, 2.75) is 23.5 Å². The van der Waals surface area contributed by atoms with Crippen molar-refractivity contribution in [2.24, 2.45) is 0 Å². The number of thioether (sulfide) groups is 1. The molecule has 0 aliphatic carbocycles. The van der Waals surface area contributed by atoms with Crippen molar-refractivity contribution in [3.05, 3.63) is 0 Å². The van der Waals surface area contributed by atoms with Gasteiger partial charge in [-0.15, -0.1) is 23.2 Å². The molecule has 1 fully saturated rings. The normalized spacial score (nSPS) is 36.7. The minimum Gasteiger partial charge on any atom is -0.156 e. The van der Waals surface area contributed by atoms with E-state index in [1.807, 2.05) is 11.8 Å². The fourth-order valence-corrected chi connectivity index (χ4v) is 2.70. The van der Waals surface area contributed by atoms with Crippen molar-refractivity contribution in [3.8, 4) is 0 Å². The summed E-state index contributed by atoms with van der Waals surface area (Å²) in [5.74, 6) is 1.87. The maximum absolute atomic E-state index is 5.88. The summed E-state index contributed by atoms with van der Waals surface area (Å²) in [7, 11) is 0. The monoisotopic (exact) mass is 184 g/mol. The summed E-state index contributed by atoms with van der Waals surface area (Å²) in [6.45, 7) is 0. The van der Waals surface area contributed by atoms with Gasteiger partial charge in [-0.1, -0.05) is 0 Å². The van der Waals surface area contributed by atoms with E-state index < -0.39 is 0 Å². The summed E-state index contributed by atoms with van der Waals surface area (Å²) in [5, 5.41) is 1.07. The molecule has 2 atom stereocenters. The van der Waals surface area contributed by atoms with Gasteiger partial charge in [0.2, 0.25) is 0 Å². The summed E-state index contributed by atoms with van der Waals surface area (Å²) >= 11 is 13.4. The largest absolute Gasteiger partial charge is 0.156 e. The molecular weight excluding hydrogens is 175 g/mol. The second-order valence-electron chi connectivity index (χ2n) is 2.28. The van der Waals surface area contributed by atoms with Gasteiger partial charge in [0.1, 0.15) is 0 Å². The van der Waals surface area contributed by atoms with Crippen molar-refractivity contribution in [1.29, 1.82) is 0 Å². The Morgan fingerprint density at radius 1 is 1.44 bits per heavy atom. The number of hydrogen-bond donors (Lipinski definition) is 0. The Bertz CT molecular complexity index is 79.1. The van der Waals surface area contributed by atoms with E-state index in [1.165, 1.54) is 6.42 Å². The molecule has 1 rings (SSSR count). The minimum absolute atomic E-state index is 0.398. The molecule has 1 heterocycles. The summed E-state index contributed by atoms with van der Waals surface area (Å²) < 4.78 is 0. The first kappa shape index (κ1) is 8.03. The van der Waals surface area contributed by atoms with Gasteiger partial charge in [-0.2, -0.15) is 11.8 Å². The highest BCUT2D eigenvalue weighted by atomic mass is 35.5. The molecular formula is C6H10Cl2S. The van der Waals surface area contributed by atoms with Crippen molar-refractivity contribution < 1.29 is 0 Å². The SMILES string of the molecule is ClC[C@H]1CC[C@H](Cl)CS1. The summed E-state index contributed by atoms with van der Waals surface area (Å²) in [6, 6.07) is 0. The first-order valence-electron chi connectivity index (χ1n) is 3.14. The molecule has 0 spiro atoms. The van der Waals surface area contributed by atoms with Gasteiger partial charge in [-0.3, -0.25) is 0 Å². The summed E-state index contributed by atoms with van der Waals surface area (Å²) in [6.07, 6.45) is 2.34. The first-order chi connectivity index (χ1) is 4.33. The lowest BCUT2D eigenvalue weighted by molar-refractivity contribution is 0.702. The third kappa shape index (κ3) is 2.57. The Kier molecular flexibility index (Phi) is 3.52. The molecule has 0 N–H and O–H groups in total. The molecule has 9 heavy (non-hydrogen) atoms. The van der Waals surface area contributed by atoms with Crippen LogP contribution in [0.4, 0.5) is 0 Å². The van der Waals surface area contributed by atoms with E-state index in [0.29, 0.717) is 10.6 Å². The molecule has 0 radical (unpaired) electrons. The van der Waals surface area contributed by atoms with Crippen LogP contribution in [-0.2, 0) is 0 Å². The molecule has 0 aromatic rings. The number of rotatable bonds is 1. The predicted octanol–water partition coefficient (Wildman–Crippen LogP) is 2.73. The van der Waals surface area contributed by atoms with E-state index in [9.17, 15) is 0 Å². The van der Waals surface area contributed by atoms with Gasteiger partial charge in [0.15, 0.2) is 0 Å². The van der Waals surface area contributed by atoms with Crippen LogP contribution in [0.15, 0.2) is 0 Å². The molecule has 1 aliphatic rings. The zero-order chi connectivity index (χ0) is 6.69. The Labute approximate surface area is 70.3 Å². The van der Waals surface area contributed by atoms with Crippen LogP contribution >= 0.6 is 35.0 Å². The molecule has 1 saturated heterocycles. The van der Waals surface area contributed by atoms with Crippen molar-refractivity contribution in [3.63, 3.8) is 0 Å². The van der Waals surface area contributed by atoms with Crippen LogP contribution in [0.3, 0.4) is 0 Å². The van der Waals surface area contributed by atoms with Crippen LogP contribution in [0.25, 0.3) is 0 Å². The second-order valence-corrected chi connectivity index (χ2v) is 4.54. The predicted molar refractivity (Wildman–Crippen MR) is 45.8 cm³/mol. The highest BCUT2D eigenvalue weighted by Crippen LogP contribution is 2.28. The van der Waals surface area contributed by atoms with Gasteiger partial charge in [-0.05, 0) is 12.8 Å². The van der Waals surface area contributed by atoms with Gasteiger partial charge < -0.3 is 0 Å². The van der Waals surface area contributed by atoms with Gasteiger partial charge in [0.05, 0.1) is 0 Å². The fourth-order valence-electron chi connectivity index (χ4n) is 0.896. The molecule has 0 amide bonds. The quantitative estimate of drug-likeness (QED) is 0.566. The zero-order valence-corrected chi connectivity index (χ0v) is 7.48. The molecule has 54 valence electrons. The average molecular weight is 185 g/mol. The van der Waals surface area contributed by atoms with Crippen LogP contribution in [0.5, 0.6) is 0 Å². The Morgan fingerprint density at radius 3 is 2.67 bits per heavy atom. The van der Waals surface area contributed by atoms with Crippen LogP contribution in [0, 0.1) is 0 Å². The number of alkyl halides is 2. The van der Waals surface area contributed by atoms with Crippen molar-refractivity contribution in [2.75, 3.05) is 11.6 Å². The van der Waals surface area contributed by atoms with Crippen LogP contribution in [0.2, 0.25) is 0 Å². The van der Waals surface area contributed by atoms with Crippen molar-refractivity contribution >= 4 is 35.0 Å². The van der Waals surface area contributed by atoms with Gasteiger partial charge in [-0.25, -0.2) is 0 Å². The third-order valence-corrected chi connectivity index (χ3v) is 4.07. The topological polar surface area (TPSA) is 0 Å². The van der Waals surface area contributed by atoms with Crippen LogP contribution in [0.1, 0.15) is 12.8 Å². The minimum atomic E-state index is 0.398. The molecule has 0 bridgehead atoms. The van der Waals surface area contributed by atoms with E-state index in [2.05, 4.69) is 0 Å². The molecule has 0 saturated carbocycles. The molecule has 3 heteroatoms. The van der Waals surface area contributed by atoms with Crippen LogP contribution < -0.4 is 0 Å². The standard InChI is InChI=1S/C6H10Cl2S/c7-3-6-2-1-5(8)4-9-6/h5-6H,1-4H2/t5-,6+/m0/s1. The molecule has 0 aromatic heterocycles. The highest BCUT2D eigenvalue weighted by molar-refractivity contribution is 8.00. The molecule has 1 aliphatic heterocycles. The van der Waals surface area contributed by atoms with Crippen LogP contribution in [-0.4, -0.2) is 22.3 Å². The highest BCUT2D eigenvalue weighted by Gasteiger charge is 2.18. The Morgan fingerprint density at radius 2 is 2.22 bits per heavy atom. The van der Waals surface area contributed by atoms with Gasteiger partial charge >= 0.3 is 0 Å². The van der Waals surface area contributed by atoms with Crippen molar-refractivity contribution in [1.82, 2.24) is 0 Å². The average Bonchev–Trinajstić information content (AvgIpc) is 1.90. The number of hydrogen-bond acceptors (Lipinski definition) is 1. The van der Waals surface area contributed by atoms with Gasteiger partial charge in [0.25, 0.3) is 0 Å². The fraction of sp³-hybridized carbons (Fsp3) is 1.00. The third-order valence-electron chi connectivity index (χ3n) is 1.49. The smallest absolute Gasteiger partial charge is 0.0427 e. The maximum atomic E-state index is 5.88.